The largest absolute Gasteiger partial charge is 0.460 e. The second-order valence-electron chi connectivity index (χ2n) is 6.33. The molecule has 0 aliphatic rings. The fourth-order valence-corrected chi connectivity index (χ4v) is 2.64. The SMILES string of the molecule is C=C(CC)Cc1ccc(CC(C#N)c2ccc(OC(=C)CF)cc2)cc1. The zero-order valence-electron chi connectivity index (χ0n) is 15.2. The molecule has 0 heterocycles. The van der Waals surface area contributed by atoms with Gasteiger partial charge in [0.25, 0.3) is 0 Å². The lowest BCUT2D eigenvalue weighted by Gasteiger charge is -2.12. The molecule has 0 spiro atoms. The highest BCUT2D eigenvalue weighted by Gasteiger charge is 2.12. The van der Waals surface area contributed by atoms with E-state index in [-0.39, 0.29) is 11.7 Å². The Balaban J connectivity index is 2.03. The molecule has 2 nitrogen and oxygen atoms in total. The molecule has 0 radical (unpaired) electrons. The highest BCUT2D eigenvalue weighted by Crippen LogP contribution is 2.24. The van der Waals surface area contributed by atoms with Gasteiger partial charge in [0.15, 0.2) is 0 Å². The van der Waals surface area contributed by atoms with Crippen LogP contribution in [0.1, 0.15) is 36.0 Å². The number of hydrogen-bond acceptors (Lipinski definition) is 2. The molecule has 0 aliphatic carbocycles. The van der Waals surface area contributed by atoms with Crippen LogP contribution in [-0.2, 0) is 12.8 Å². The van der Waals surface area contributed by atoms with Gasteiger partial charge in [0, 0.05) is 0 Å². The molecular weight excluding hydrogens is 325 g/mol. The molecule has 2 aromatic carbocycles. The maximum absolute atomic E-state index is 12.4. The number of rotatable bonds is 9. The number of allylic oxidation sites excluding steroid dienone is 2. The minimum Gasteiger partial charge on any atom is -0.460 e. The van der Waals surface area contributed by atoms with Crippen molar-refractivity contribution in [3.05, 3.63) is 89.7 Å². The van der Waals surface area contributed by atoms with E-state index in [1.807, 2.05) is 12.1 Å². The predicted octanol–water partition coefficient (Wildman–Crippen LogP) is 5.91. The summed E-state index contributed by atoms with van der Waals surface area (Å²) < 4.78 is 17.7. The van der Waals surface area contributed by atoms with Crippen LogP contribution >= 0.6 is 0 Å². The number of benzene rings is 2. The van der Waals surface area contributed by atoms with E-state index in [0.717, 1.165) is 24.0 Å². The van der Waals surface area contributed by atoms with Crippen LogP contribution in [0.5, 0.6) is 5.75 Å². The van der Waals surface area contributed by atoms with E-state index in [1.54, 1.807) is 12.1 Å². The van der Waals surface area contributed by atoms with Gasteiger partial charge in [0.05, 0.1) is 12.0 Å². The van der Waals surface area contributed by atoms with E-state index in [2.05, 4.69) is 50.4 Å². The van der Waals surface area contributed by atoms with Gasteiger partial charge in [-0.2, -0.15) is 5.26 Å². The Bertz CT molecular complexity index is 784. The lowest BCUT2D eigenvalue weighted by atomic mass is 9.92. The van der Waals surface area contributed by atoms with Crippen molar-refractivity contribution in [2.45, 2.75) is 32.1 Å². The van der Waals surface area contributed by atoms with Crippen molar-refractivity contribution in [3.63, 3.8) is 0 Å². The molecular formula is C23H24FNO. The van der Waals surface area contributed by atoms with Gasteiger partial charge >= 0.3 is 0 Å². The van der Waals surface area contributed by atoms with Gasteiger partial charge in [0.1, 0.15) is 18.2 Å². The fourth-order valence-electron chi connectivity index (χ4n) is 2.64. The third-order valence-electron chi connectivity index (χ3n) is 4.27. The van der Waals surface area contributed by atoms with Crippen LogP contribution in [0, 0.1) is 11.3 Å². The highest BCUT2D eigenvalue weighted by atomic mass is 19.1. The van der Waals surface area contributed by atoms with E-state index < -0.39 is 6.67 Å². The Morgan fingerprint density at radius 1 is 1.08 bits per heavy atom. The summed E-state index contributed by atoms with van der Waals surface area (Å²) in [5.41, 5.74) is 4.48. The molecule has 26 heavy (non-hydrogen) atoms. The lowest BCUT2D eigenvalue weighted by molar-refractivity contribution is 0.361. The quantitative estimate of drug-likeness (QED) is 0.416. The third kappa shape index (κ3) is 5.60. The van der Waals surface area contributed by atoms with Gasteiger partial charge in [-0.15, -0.1) is 0 Å². The second kappa shape index (κ2) is 9.58. The van der Waals surface area contributed by atoms with E-state index >= 15 is 0 Å². The summed E-state index contributed by atoms with van der Waals surface area (Å²) >= 11 is 0. The molecule has 0 aliphatic heterocycles. The first-order chi connectivity index (χ1) is 12.5. The topological polar surface area (TPSA) is 33.0 Å². The number of alkyl halides is 1. The van der Waals surface area contributed by atoms with Gasteiger partial charge in [-0.3, -0.25) is 0 Å². The summed E-state index contributed by atoms with van der Waals surface area (Å²) in [4.78, 5) is 0. The van der Waals surface area contributed by atoms with Crippen LogP contribution < -0.4 is 4.74 Å². The Kier molecular flexibility index (Phi) is 7.17. The minimum atomic E-state index is -0.718. The molecule has 0 N–H and O–H groups in total. The van der Waals surface area contributed by atoms with Crippen LogP contribution in [0.2, 0.25) is 0 Å². The Hall–Kier alpha value is -2.86. The van der Waals surface area contributed by atoms with Crippen LogP contribution in [0.3, 0.4) is 0 Å². The van der Waals surface area contributed by atoms with Crippen molar-refractivity contribution >= 4 is 0 Å². The molecule has 0 amide bonds. The molecule has 0 saturated carbocycles. The van der Waals surface area contributed by atoms with Crippen molar-refractivity contribution in [1.29, 1.82) is 5.26 Å². The average Bonchev–Trinajstić information content (AvgIpc) is 2.67. The summed E-state index contributed by atoms with van der Waals surface area (Å²) in [6.07, 6.45) is 2.52. The van der Waals surface area contributed by atoms with E-state index in [4.69, 9.17) is 4.74 Å². The Morgan fingerprint density at radius 2 is 1.69 bits per heavy atom. The zero-order chi connectivity index (χ0) is 18.9. The summed E-state index contributed by atoms with van der Waals surface area (Å²) in [5.74, 6) is 0.346. The second-order valence-corrected chi connectivity index (χ2v) is 6.33. The Morgan fingerprint density at radius 3 is 2.23 bits per heavy atom. The monoisotopic (exact) mass is 349 g/mol. The first-order valence-electron chi connectivity index (χ1n) is 8.71. The zero-order valence-corrected chi connectivity index (χ0v) is 15.2. The molecule has 1 atom stereocenters. The van der Waals surface area contributed by atoms with E-state index in [9.17, 15) is 9.65 Å². The summed E-state index contributed by atoms with van der Waals surface area (Å²) in [6.45, 7) is 8.91. The number of nitrogens with zero attached hydrogens (tertiary/aromatic N) is 1. The standard InChI is InChI=1S/C23H24FNO/c1-4-17(2)13-19-5-7-20(8-6-19)14-22(16-25)21-9-11-23(12-10-21)26-18(3)15-24/h5-12,22H,2-4,13-15H2,1H3. The van der Waals surface area contributed by atoms with Crippen molar-refractivity contribution in [3.8, 4) is 11.8 Å². The maximum Gasteiger partial charge on any atom is 0.147 e. The predicted molar refractivity (Wildman–Crippen MR) is 104 cm³/mol. The van der Waals surface area contributed by atoms with Crippen LogP contribution in [0.4, 0.5) is 4.39 Å². The van der Waals surface area contributed by atoms with Crippen LogP contribution in [0.15, 0.2) is 73.0 Å². The molecule has 3 heteroatoms. The van der Waals surface area contributed by atoms with Gasteiger partial charge in [-0.1, -0.05) is 62.1 Å². The highest BCUT2D eigenvalue weighted by molar-refractivity contribution is 5.35. The van der Waals surface area contributed by atoms with Crippen molar-refractivity contribution in [2.75, 3.05) is 6.67 Å². The van der Waals surface area contributed by atoms with Gasteiger partial charge in [0.2, 0.25) is 0 Å². The van der Waals surface area contributed by atoms with Crippen LogP contribution in [-0.4, -0.2) is 6.67 Å². The molecule has 0 saturated heterocycles. The van der Waals surface area contributed by atoms with Gasteiger partial charge < -0.3 is 4.74 Å². The molecule has 0 aromatic heterocycles. The number of halogens is 1. The number of ether oxygens (including phenoxy) is 1. The summed E-state index contributed by atoms with van der Waals surface area (Å²) in [7, 11) is 0. The molecule has 2 aromatic rings. The minimum absolute atomic E-state index is 0.0698. The first kappa shape index (κ1) is 19.5. The molecule has 1 unspecified atom stereocenters. The summed E-state index contributed by atoms with van der Waals surface area (Å²) in [6, 6.07) is 17.9. The van der Waals surface area contributed by atoms with Gasteiger partial charge in [-0.25, -0.2) is 4.39 Å². The smallest absolute Gasteiger partial charge is 0.147 e. The first-order valence-corrected chi connectivity index (χ1v) is 8.71. The van der Waals surface area contributed by atoms with Crippen molar-refractivity contribution in [1.82, 2.24) is 0 Å². The Labute approximate surface area is 155 Å². The van der Waals surface area contributed by atoms with Crippen LogP contribution in [0.25, 0.3) is 0 Å². The van der Waals surface area contributed by atoms with Gasteiger partial charge in [-0.05, 0) is 48.1 Å². The number of nitriles is 1. The maximum atomic E-state index is 12.4. The van der Waals surface area contributed by atoms with E-state index in [0.29, 0.717) is 12.2 Å². The normalized spacial score (nSPS) is 11.4. The molecule has 134 valence electrons. The third-order valence-corrected chi connectivity index (χ3v) is 4.27. The van der Waals surface area contributed by atoms with Crippen molar-refractivity contribution < 1.29 is 9.13 Å². The summed E-state index contributed by atoms with van der Waals surface area (Å²) in [5, 5.41) is 9.54. The molecule has 2 rings (SSSR count). The van der Waals surface area contributed by atoms with Crippen molar-refractivity contribution in [2.24, 2.45) is 0 Å². The molecule has 0 fully saturated rings. The average molecular weight is 349 g/mol. The number of hydrogen-bond donors (Lipinski definition) is 0. The lowest BCUT2D eigenvalue weighted by Crippen LogP contribution is -2.01. The van der Waals surface area contributed by atoms with E-state index in [1.165, 1.54) is 11.1 Å². The molecule has 0 bridgehead atoms. The fraction of sp³-hybridized carbons (Fsp3) is 0.261.